The fourth-order valence-electron chi connectivity index (χ4n) is 2.82. The first kappa shape index (κ1) is 17.2. The van der Waals surface area contributed by atoms with Gasteiger partial charge in [0.05, 0.1) is 24.3 Å². The number of amides is 1. The Labute approximate surface area is 149 Å². The van der Waals surface area contributed by atoms with Crippen LogP contribution in [0.2, 0.25) is 0 Å². The van der Waals surface area contributed by atoms with Crippen LogP contribution in [-0.2, 0) is 11.3 Å². The normalized spacial score (nSPS) is 10.5. The molecule has 7 heteroatoms. The zero-order valence-electron chi connectivity index (χ0n) is 14.0. The zero-order chi connectivity index (χ0) is 18.7. The highest BCUT2D eigenvalue weighted by Crippen LogP contribution is 2.37. The fourth-order valence-corrected chi connectivity index (χ4v) is 2.82. The van der Waals surface area contributed by atoms with Gasteiger partial charge in [0.2, 0.25) is 0 Å². The van der Waals surface area contributed by atoms with Crippen molar-refractivity contribution < 1.29 is 19.6 Å². The Balaban J connectivity index is 2.11. The standard InChI is InChI=1S/C19H16N2O5/c1-26-19(23)20(12-13-5-4-7-15(11-13)21(24)25)18-16-8-3-2-6-14(16)9-10-17(18)22/h2-11,22H,12H2,1H3. The van der Waals surface area contributed by atoms with E-state index < -0.39 is 11.0 Å². The largest absolute Gasteiger partial charge is 0.506 e. The van der Waals surface area contributed by atoms with Gasteiger partial charge in [0, 0.05) is 17.5 Å². The van der Waals surface area contributed by atoms with E-state index in [2.05, 4.69) is 0 Å². The maximum atomic E-state index is 12.4. The number of rotatable bonds is 4. The summed E-state index contributed by atoms with van der Waals surface area (Å²) in [5.74, 6) is -0.0838. The summed E-state index contributed by atoms with van der Waals surface area (Å²) in [6, 6.07) is 16.5. The predicted octanol–water partition coefficient (Wildman–Crippen LogP) is 4.23. The van der Waals surface area contributed by atoms with Crippen LogP contribution in [0.3, 0.4) is 0 Å². The highest BCUT2D eigenvalue weighted by Gasteiger charge is 2.23. The molecule has 0 fully saturated rings. The number of non-ortho nitro benzene ring substituents is 1. The summed E-state index contributed by atoms with van der Waals surface area (Å²) in [4.78, 5) is 24.1. The second kappa shape index (κ2) is 7.10. The highest BCUT2D eigenvalue weighted by molar-refractivity contribution is 6.04. The monoisotopic (exact) mass is 352 g/mol. The molecular formula is C19H16N2O5. The first-order valence-corrected chi connectivity index (χ1v) is 7.81. The number of carbonyl (C=O) groups excluding carboxylic acids is 1. The van der Waals surface area contributed by atoms with Gasteiger partial charge in [-0.05, 0) is 17.0 Å². The van der Waals surface area contributed by atoms with Crippen LogP contribution >= 0.6 is 0 Å². The van der Waals surface area contributed by atoms with Gasteiger partial charge in [-0.3, -0.25) is 15.0 Å². The summed E-state index contributed by atoms with van der Waals surface area (Å²) in [7, 11) is 1.24. The number of aromatic hydroxyl groups is 1. The molecule has 0 heterocycles. The van der Waals surface area contributed by atoms with Gasteiger partial charge in [-0.1, -0.05) is 42.5 Å². The van der Waals surface area contributed by atoms with Crippen LogP contribution < -0.4 is 4.90 Å². The van der Waals surface area contributed by atoms with E-state index in [-0.39, 0.29) is 18.0 Å². The van der Waals surface area contributed by atoms with Crippen molar-refractivity contribution in [2.24, 2.45) is 0 Å². The zero-order valence-corrected chi connectivity index (χ0v) is 14.0. The Kier molecular flexibility index (Phi) is 4.70. The first-order chi connectivity index (χ1) is 12.5. The minimum absolute atomic E-state index is 0.00984. The van der Waals surface area contributed by atoms with E-state index in [1.165, 1.54) is 30.2 Å². The van der Waals surface area contributed by atoms with Crippen LogP contribution in [-0.4, -0.2) is 23.2 Å². The number of methoxy groups -OCH3 is 1. The Hall–Kier alpha value is -3.61. The number of nitro groups is 1. The molecule has 1 N–H and O–H groups in total. The Morgan fingerprint density at radius 1 is 1.15 bits per heavy atom. The van der Waals surface area contributed by atoms with Crippen molar-refractivity contribution in [1.29, 1.82) is 0 Å². The molecule has 0 aliphatic rings. The van der Waals surface area contributed by atoms with Gasteiger partial charge in [0.15, 0.2) is 0 Å². The molecule has 3 aromatic rings. The molecule has 0 unspecified atom stereocenters. The molecule has 1 amide bonds. The second-order valence-electron chi connectivity index (χ2n) is 5.64. The molecule has 3 rings (SSSR count). The number of fused-ring (bicyclic) bond motifs is 1. The molecular weight excluding hydrogens is 336 g/mol. The molecule has 132 valence electrons. The van der Waals surface area contributed by atoms with Crippen LogP contribution in [0.25, 0.3) is 10.8 Å². The van der Waals surface area contributed by atoms with Crippen LogP contribution in [0, 0.1) is 10.1 Å². The number of hydrogen-bond acceptors (Lipinski definition) is 5. The number of phenolic OH excluding ortho intramolecular Hbond substituents is 1. The summed E-state index contributed by atoms with van der Waals surface area (Å²) >= 11 is 0. The van der Waals surface area contributed by atoms with Crippen LogP contribution in [0.5, 0.6) is 5.75 Å². The van der Waals surface area contributed by atoms with Gasteiger partial charge < -0.3 is 9.84 Å². The molecule has 0 saturated heterocycles. The molecule has 0 aliphatic heterocycles. The molecule has 26 heavy (non-hydrogen) atoms. The van der Waals surface area contributed by atoms with E-state index in [1.807, 2.05) is 12.1 Å². The van der Waals surface area contributed by atoms with E-state index in [4.69, 9.17) is 4.74 Å². The minimum atomic E-state index is -0.678. The van der Waals surface area contributed by atoms with E-state index in [9.17, 15) is 20.0 Å². The molecule has 7 nitrogen and oxygen atoms in total. The fraction of sp³-hybridized carbons (Fsp3) is 0.105. The third kappa shape index (κ3) is 3.27. The number of phenols is 1. The Morgan fingerprint density at radius 3 is 2.65 bits per heavy atom. The van der Waals surface area contributed by atoms with E-state index in [0.717, 1.165) is 5.39 Å². The van der Waals surface area contributed by atoms with Crippen LogP contribution in [0.15, 0.2) is 60.7 Å². The van der Waals surface area contributed by atoms with Crippen molar-refractivity contribution in [3.05, 3.63) is 76.3 Å². The maximum absolute atomic E-state index is 12.4. The number of ether oxygens (including phenoxy) is 1. The Morgan fingerprint density at radius 2 is 1.92 bits per heavy atom. The van der Waals surface area contributed by atoms with Gasteiger partial charge in [-0.25, -0.2) is 4.79 Å². The third-order valence-electron chi connectivity index (χ3n) is 4.01. The summed E-state index contributed by atoms with van der Waals surface area (Å²) in [5, 5.41) is 22.9. The maximum Gasteiger partial charge on any atom is 0.414 e. The smallest absolute Gasteiger partial charge is 0.414 e. The lowest BCUT2D eigenvalue weighted by Crippen LogP contribution is -2.30. The van der Waals surface area contributed by atoms with Crippen molar-refractivity contribution >= 4 is 28.2 Å². The average Bonchev–Trinajstić information content (AvgIpc) is 2.66. The van der Waals surface area contributed by atoms with Gasteiger partial charge in [-0.2, -0.15) is 0 Å². The lowest BCUT2D eigenvalue weighted by atomic mass is 10.1. The van der Waals surface area contributed by atoms with Gasteiger partial charge in [-0.15, -0.1) is 0 Å². The van der Waals surface area contributed by atoms with Crippen molar-refractivity contribution in [1.82, 2.24) is 0 Å². The van der Waals surface area contributed by atoms with Crippen LogP contribution in [0.4, 0.5) is 16.2 Å². The third-order valence-corrected chi connectivity index (χ3v) is 4.01. The summed E-state index contributed by atoms with van der Waals surface area (Å²) in [5.41, 5.74) is 0.757. The number of benzene rings is 3. The number of nitro benzene ring substituents is 1. The van der Waals surface area contributed by atoms with Crippen molar-refractivity contribution in [2.75, 3.05) is 12.0 Å². The number of carbonyl (C=O) groups is 1. The molecule has 0 atom stereocenters. The average molecular weight is 352 g/mol. The van der Waals surface area contributed by atoms with E-state index in [0.29, 0.717) is 16.6 Å². The molecule has 0 bridgehead atoms. The predicted molar refractivity (Wildman–Crippen MR) is 97.3 cm³/mol. The van der Waals surface area contributed by atoms with Crippen LogP contribution in [0.1, 0.15) is 5.56 Å². The lowest BCUT2D eigenvalue weighted by molar-refractivity contribution is -0.384. The summed E-state index contributed by atoms with van der Waals surface area (Å²) in [6.07, 6.45) is -0.678. The first-order valence-electron chi connectivity index (χ1n) is 7.81. The lowest BCUT2D eigenvalue weighted by Gasteiger charge is -2.24. The van der Waals surface area contributed by atoms with E-state index in [1.54, 1.807) is 30.3 Å². The quantitative estimate of drug-likeness (QED) is 0.560. The summed E-state index contributed by atoms with van der Waals surface area (Å²) < 4.78 is 4.86. The molecule has 0 aliphatic carbocycles. The van der Waals surface area contributed by atoms with Gasteiger partial charge in [0.25, 0.3) is 5.69 Å². The van der Waals surface area contributed by atoms with Crippen molar-refractivity contribution in [3.63, 3.8) is 0 Å². The molecule has 0 radical (unpaired) electrons. The summed E-state index contributed by atoms with van der Waals surface area (Å²) in [6.45, 7) is 0.00984. The SMILES string of the molecule is COC(=O)N(Cc1cccc([N+](=O)[O-])c1)c1c(O)ccc2ccccc12. The molecule has 3 aromatic carbocycles. The highest BCUT2D eigenvalue weighted by atomic mass is 16.6. The van der Waals surface area contributed by atoms with Gasteiger partial charge in [0.1, 0.15) is 5.75 Å². The minimum Gasteiger partial charge on any atom is -0.506 e. The molecule has 0 saturated carbocycles. The number of anilines is 1. The topological polar surface area (TPSA) is 92.9 Å². The van der Waals surface area contributed by atoms with Gasteiger partial charge >= 0.3 is 6.09 Å². The second-order valence-corrected chi connectivity index (χ2v) is 5.64. The van der Waals surface area contributed by atoms with Crippen molar-refractivity contribution in [3.8, 4) is 5.75 Å². The molecule has 0 aromatic heterocycles. The Bertz CT molecular complexity index is 987. The number of nitrogens with zero attached hydrogens (tertiary/aromatic N) is 2. The molecule has 0 spiro atoms. The van der Waals surface area contributed by atoms with E-state index >= 15 is 0 Å². The number of hydrogen-bond donors (Lipinski definition) is 1. The van der Waals surface area contributed by atoms with Crippen molar-refractivity contribution in [2.45, 2.75) is 6.54 Å².